The SMILES string of the molecule is COc1cc(COC(=O)[C@@H](C)Oc2ccc(C#N)cc2)ccc1OC(F)F. The van der Waals surface area contributed by atoms with Crippen LogP contribution in [0.3, 0.4) is 0 Å². The molecule has 0 unspecified atom stereocenters. The highest BCUT2D eigenvalue weighted by molar-refractivity contribution is 5.74. The molecule has 1 atom stereocenters. The van der Waals surface area contributed by atoms with E-state index in [1.54, 1.807) is 24.3 Å². The number of halogens is 2. The summed E-state index contributed by atoms with van der Waals surface area (Å²) in [4.78, 5) is 12.1. The fraction of sp³-hybridized carbons (Fsp3) is 0.263. The van der Waals surface area contributed by atoms with Crippen LogP contribution in [0.5, 0.6) is 17.2 Å². The van der Waals surface area contributed by atoms with Gasteiger partial charge in [-0.2, -0.15) is 14.0 Å². The van der Waals surface area contributed by atoms with Crippen LogP contribution >= 0.6 is 0 Å². The van der Waals surface area contributed by atoms with E-state index in [1.807, 2.05) is 6.07 Å². The maximum absolute atomic E-state index is 12.3. The van der Waals surface area contributed by atoms with Crippen molar-refractivity contribution in [1.82, 2.24) is 0 Å². The number of alkyl halides is 2. The Kier molecular flexibility index (Phi) is 6.94. The molecular formula is C19H17F2NO5. The molecule has 2 aromatic carbocycles. The second-order valence-corrected chi connectivity index (χ2v) is 5.37. The van der Waals surface area contributed by atoms with Crippen LogP contribution in [-0.2, 0) is 16.1 Å². The smallest absolute Gasteiger partial charge is 0.387 e. The number of hydrogen-bond donors (Lipinski definition) is 0. The molecule has 0 aliphatic rings. The molecule has 0 fully saturated rings. The molecule has 0 spiro atoms. The lowest BCUT2D eigenvalue weighted by Gasteiger charge is -2.15. The summed E-state index contributed by atoms with van der Waals surface area (Å²) in [5, 5.41) is 8.76. The van der Waals surface area contributed by atoms with E-state index in [9.17, 15) is 13.6 Å². The van der Waals surface area contributed by atoms with Crippen LogP contribution in [0.4, 0.5) is 8.78 Å². The molecule has 6 nitrogen and oxygen atoms in total. The summed E-state index contributed by atoms with van der Waals surface area (Å²) in [7, 11) is 1.32. The summed E-state index contributed by atoms with van der Waals surface area (Å²) in [5.41, 5.74) is 1.01. The van der Waals surface area contributed by atoms with Crippen molar-refractivity contribution in [1.29, 1.82) is 5.26 Å². The number of nitrogens with zero attached hydrogens (tertiary/aromatic N) is 1. The Morgan fingerprint density at radius 2 is 1.81 bits per heavy atom. The van der Waals surface area contributed by atoms with Crippen LogP contribution < -0.4 is 14.2 Å². The van der Waals surface area contributed by atoms with Gasteiger partial charge in [-0.05, 0) is 48.9 Å². The first-order valence-corrected chi connectivity index (χ1v) is 7.88. The maximum Gasteiger partial charge on any atom is 0.387 e. The molecule has 0 aliphatic heterocycles. The van der Waals surface area contributed by atoms with Crippen molar-refractivity contribution >= 4 is 5.97 Å². The monoisotopic (exact) mass is 377 g/mol. The molecule has 142 valence electrons. The zero-order chi connectivity index (χ0) is 19.8. The van der Waals surface area contributed by atoms with Crippen molar-refractivity contribution in [3.05, 3.63) is 53.6 Å². The minimum atomic E-state index is -2.97. The quantitative estimate of drug-likeness (QED) is 0.653. The van der Waals surface area contributed by atoms with Gasteiger partial charge in [-0.3, -0.25) is 0 Å². The molecule has 0 aliphatic carbocycles. The second kappa shape index (κ2) is 9.38. The van der Waals surface area contributed by atoms with Gasteiger partial charge in [-0.15, -0.1) is 0 Å². The Hall–Kier alpha value is -3.34. The minimum absolute atomic E-state index is 0.0920. The van der Waals surface area contributed by atoms with Gasteiger partial charge in [0.1, 0.15) is 12.4 Å². The largest absolute Gasteiger partial charge is 0.493 e. The van der Waals surface area contributed by atoms with Gasteiger partial charge < -0.3 is 18.9 Å². The minimum Gasteiger partial charge on any atom is -0.493 e. The highest BCUT2D eigenvalue weighted by atomic mass is 19.3. The molecule has 0 radical (unpaired) electrons. The predicted molar refractivity (Wildman–Crippen MR) is 90.7 cm³/mol. The number of benzene rings is 2. The molecule has 2 aromatic rings. The topological polar surface area (TPSA) is 77.8 Å². The average molecular weight is 377 g/mol. The zero-order valence-electron chi connectivity index (χ0n) is 14.6. The Labute approximate surface area is 154 Å². The lowest BCUT2D eigenvalue weighted by atomic mass is 10.2. The summed E-state index contributed by atoms with van der Waals surface area (Å²) in [6.45, 7) is -1.53. The first-order valence-electron chi connectivity index (χ1n) is 7.88. The normalized spacial score (nSPS) is 11.4. The molecule has 0 bridgehead atoms. The summed E-state index contributed by atoms with van der Waals surface area (Å²) in [5.74, 6) is -0.189. The zero-order valence-corrected chi connectivity index (χ0v) is 14.6. The number of nitriles is 1. The predicted octanol–water partition coefficient (Wildman–Crippen LogP) is 3.68. The molecule has 8 heteroatoms. The van der Waals surface area contributed by atoms with Gasteiger partial charge in [0.25, 0.3) is 0 Å². The van der Waals surface area contributed by atoms with E-state index in [0.29, 0.717) is 16.9 Å². The van der Waals surface area contributed by atoms with E-state index < -0.39 is 18.7 Å². The fourth-order valence-corrected chi connectivity index (χ4v) is 2.13. The highest BCUT2D eigenvalue weighted by Crippen LogP contribution is 2.29. The van der Waals surface area contributed by atoms with Gasteiger partial charge in [0.15, 0.2) is 17.6 Å². The Morgan fingerprint density at radius 3 is 2.41 bits per heavy atom. The number of carbonyl (C=O) groups excluding carboxylic acids is 1. The number of ether oxygens (including phenoxy) is 4. The van der Waals surface area contributed by atoms with Crippen LogP contribution in [0, 0.1) is 11.3 Å². The third-order valence-electron chi connectivity index (χ3n) is 3.45. The van der Waals surface area contributed by atoms with E-state index in [4.69, 9.17) is 19.5 Å². The molecule has 27 heavy (non-hydrogen) atoms. The van der Waals surface area contributed by atoms with Crippen LogP contribution in [0.2, 0.25) is 0 Å². The Balaban J connectivity index is 1.92. The van der Waals surface area contributed by atoms with Crippen LogP contribution in [-0.4, -0.2) is 25.8 Å². The number of carbonyl (C=O) groups is 1. The molecular weight excluding hydrogens is 360 g/mol. The van der Waals surface area contributed by atoms with Gasteiger partial charge in [0.05, 0.1) is 18.7 Å². The average Bonchev–Trinajstić information content (AvgIpc) is 2.67. The Morgan fingerprint density at radius 1 is 1.11 bits per heavy atom. The van der Waals surface area contributed by atoms with Gasteiger partial charge in [-0.1, -0.05) is 6.07 Å². The highest BCUT2D eigenvalue weighted by Gasteiger charge is 2.17. The summed E-state index contributed by atoms with van der Waals surface area (Å²) >= 11 is 0. The molecule has 0 saturated heterocycles. The van der Waals surface area contributed by atoms with E-state index >= 15 is 0 Å². The van der Waals surface area contributed by atoms with Crippen molar-refractivity contribution in [2.24, 2.45) is 0 Å². The lowest BCUT2D eigenvalue weighted by Crippen LogP contribution is -2.26. The van der Waals surface area contributed by atoms with E-state index in [-0.39, 0.29) is 18.1 Å². The van der Waals surface area contributed by atoms with Gasteiger partial charge in [-0.25, -0.2) is 4.79 Å². The van der Waals surface area contributed by atoms with Crippen molar-refractivity contribution < 1.29 is 32.5 Å². The van der Waals surface area contributed by atoms with E-state index in [1.165, 1.54) is 32.2 Å². The first kappa shape index (κ1) is 20.0. The standard InChI is InChI=1S/C19H17F2NO5/c1-12(26-15-6-3-13(10-22)4-7-15)18(23)25-11-14-5-8-16(27-19(20)21)17(9-14)24-2/h3-9,12,19H,11H2,1-2H3/t12-/m1/s1. The molecule has 0 aromatic heterocycles. The van der Waals surface area contributed by atoms with Crippen LogP contribution in [0.15, 0.2) is 42.5 Å². The molecule has 0 saturated carbocycles. The summed E-state index contributed by atoms with van der Waals surface area (Å²) < 4.78 is 44.6. The molecule has 2 rings (SSSR count). The number of esters is 1. The van der Waals surface area contributed by atoms with E-state index in [0.717, 1.165) is 0 Å². The number of hydrogen-bond acceptors (Lipinski definition) is 6. The number of rotatable bonds is 8. The third-order valence-corrected chi connectivity index (χ3v) is 3.45. The van der Waals surface area contributed by atoms with Crippen molar-refractivity contribution in [2.75, 3.05) is 7.11 Å². The van der Waals surface area contributed by atoms with Gasteiger partial charge in [0, 0.05) is 0 Å². The third kappa shape index (κ3) is 5.85. The first-order chi connectivity index (χ1) is 12.9. The van der Waals surface area contributed by atoms with Crippen LogP contribution in [0.25, 0.3) is 0 Å². The molecule has 0 heterocycles. The molecule has 0 amide bonds. The second-order valence-electron chi connectivity index (χ2n) is 5.37. The van der Waals surface area contributed by atoms with Gasteiger partial charge >= 0.3 is 12.6 Å². The van der Waals surface area contributed by atoms with E-state index in [2.05, 4.69) is 4.74 Å². The van der Waals surface area contributed by atoms with Gasteiger partial charge in [0.2, 0.25) is 0 Å². The number of methoxy groups -OCH3 is 1. The van der Waals surface area contributed by atoms with Crippen LogP contribution in [0.1, 0.15) is 18.1 Å². The molecule has 0 N–H and O–H groups in total. The Bertz CT molecular complexity index is 818. The fourth-order valence-electron chi connectivity index (χ4n) is 2.13. The van der Waals surface area contributed by atoms with Crippen molar-refractivity contribution in [2.45, 2.75) is 26.2 Å². The van der Waals surface area contributed by atoms with Crippen molar-refractivity contribution in [3.8, 4) is 23.3 Å². The summed E-state index contributed by atoms with van der Waals surface area (Å²) in [6.07, 6.45) is -0.874. The maximum atomic E-state index is 12.3. The summed E-state index contributed by atoms with van der Waals surface area (Å²) in [6, 6.07) is 12.5. The lowest BCUT2D eigenvalue weighted by molar-refractivity contribution is -0.152. The van der Waals surface area contributed by atoms with Crippen molar-refractivity contribution in [3.63, 3.8) is 0 Å².